The second kappa shape index (κ2) is 7.77. The molecule has 23 heavy (non-hydrogen) atoms. The lowest BCUT2D eigenvalue weighted by molar-refractivity contribution is -0.709. The van der Waals surface area contributed by atoms with Crippen LogP contribution in [0, 0.1) is 11.3 Å². The first-order valence-electron chi connectivity index (χ1n) is 7.41. The van der Waals surface area contributed by atoms with E-state index in [-0.39, 0.29) is 18.0 Å². The van der Waals surface area contributed by atoms with E-state index in [1.807, 2.05) is 43.4 Å². The van der Waals surface area contributed by atoms with Crippen molar-refractivity contribution in [2.75, 3.05) is 5.32 Å². The summed E-state index contributed by atoms with van der Waals surface area (Å²) in [5.74, 6) is -0.103. The van der Waals surface area contributed by atoms with Crippen molar-refractivity contribution < 1.29 is 10.1 Å². The predicted octanol–water partition coefficient (Wildman–Crippen LogP) is 2.86. The first kappa shape index (κ1) is 17.0. The van der Waals surface area contributed by atoms with Gasteiger partial charge in [-0.15, -0.1) is 0 Å². The maximum absolute atomic E-state index is 12.3. The van der Waals surface area contributed by atoms with Gasteiger partial charge in [-0.05, 0) is 44.2 Å². The van der Waals surface area contributed by atoms with Crippen LogP contribution in [0.25, 0.3) is 0 Å². The number of quaternary nitrogens is 1. The lowest BCUT2D eigenvalue weighted by Gasteiger charge is -2.17. The van der Waals surface area contributed by atoms with E-state index in [2.05, 4.69) is 11.4 Å². The summed E-state index contributed by atoms with van der Waals surface area (Å²) < 4.78 is 0. The standard InChI is InChI=1S/C18H18ClN3O/c1-12(15-6-4-7-16(19)10-15)21-13(2)18(23)22-17-8-3-5-14(9-17)11-20/h3-10,12-13,21H,1-2H3,(H,22,23)/p+1/t12-,13-/m1/s1. The molecule has 2 rings (SSSR count). The quantitative estimate of drug-likeness (QED) is 0.886. The summed E-state index contributed by atoms with van der Waals surface area (Å²) >= 11 is 6.00. The fourth-order valence-corrected chi connectivity index (χ4v) is 2.54. The third-order valence-corrected chi connectivity index (χ3v) is 3.86. The summed E-state index contributed by atoms with van der Waals surface area (Å²) in [7, 11) is 0. The van der Waals surface area contributed by atoms with Gasteiger partial charge >= 0.3 is 0 Å². The molecule has 0 bridgehead atoms. The Kier molecular flexibility index (Phi) is 5.75. The van der Waals surface area contributed by atoms with Gasteiger partial charge in [-0.25, -0.2) is 0 Å². The van der Waals surface area contributed by atoms with Crippen LogP contribution in [0.4, 0.5) is 5.69 Å². The molecule has 2 atom stereocenters. The summed E-state index contributed by atoms with van der Waals surface area (Å²) in [6, 6.07) is 16.4. The van der Waals surface area contributed by atoms with Gasteiger partial charge in [-0.2, -0.15) is 5.26 Å². The molecule has 0 radical (unpaired) electrons. The number of nitriles is 1. The summed E-state index contributed by atoms with van der Waals surface area (Å²) in [6.45, 7) is 3.89. The number of nitrogens with zero attached hydrogens (tertiary/aromatic N) is 1. The minimum Gasteiger partial charge on any atom is -0.330 e. The van der Waals surface area contributed by atoms with Gasteiger partial charge in [0.2, 0.25) is 0 Å². The van der Waals surface area contributed by atoms with E-state index in [1.165, 1.54) is 0 Å². The first-order valence-corrected chi connectivity index (χ1v) is 7.79. The molecular formula is C18H19ClN3O+. The lowest BCUT2D eigenvalue weighted by Crippen LogP contribution is -2.91. The highest BCUT2D eigenvalue weighted by Gasteiger charge is 2.20. The second-order valence-electron chi connectivity index (χ2n) is 5.51. The monoisotopic (exact) mass is 328 g/mol. The van der Waals surface area contributed by atoms with E-state index in [0.29, 0.717) is 16.3 Å². The average molecular weight is 329 g/mol. The van der Waals surface area contributed by atoms with E-state index in [0.717, 1.165) is 5.56 Å². The Morgan fingerprint density at radius 3 is 2.65 bits per heavy atom. The number of rotatable bonds is 5. The topological polar surface area (TPSA) is 69.5 Å². The molecule has 0 aromatic heterocycles. The lowest BCUT2D eigenvalue weighted by atomic mass is 10.1. The van der Waals surface area contributed by atoms with Crippen LogP contribution in [-0.4, -0.2) is 11.9 Å². The number of nitrogens with one attached hydrogen (secondary N) is 1. The summed E-state index contributed by atoms with van der Waals surface area (Å²) in [4.78, 5) is 12.3. The molecule has 3 N–H and O–H groups in total. The highest BCUT2D eigenvalue weighted by molar-refractivity contribution is 6.30. The Labute approximate surface area is 141 Å². The van der Waals surface area contributed by atoms with Crippen molar-refractivity contribution in [2.24, 2.45) is 0 Å². The average Bonchev–Trinajstić information content (AvgIpc) is 2.54. The Morgan fingerprint density at radius 2 is 1.96 bits per heavy atom. The summed E-state index contributed by atoms with van der Waals surface area (Å²) in [5, 5.41) is 14.4. The molecule has 0 aliphatic rings. The van der Waals surface area contributed by atoms with E-state index in [4.69, 9.17) is 16.9 Å². The normalized spacial score (nSPS) is 13.0. The van der Waals surface area contributed by atoms with E-state index in [1.54, 1.807) is 24.3 Å². The second-order valence-corrected chi connectivity index (χ2v) is 5.94. The molecule has 1 amide bonds. The maximum atomic E-state index is 12.3. The number of halogens is 1. The molecule has 118 valence electrons. The molecule has 0 saturated heterocycles. The first-order chi connectivity index (χ1) is 11.0. The molecule has 5 heteroatoms. The molecule has 0 aliphatic carbocycles. The number of carbonyl (C=O) groups excluding carboxylic acids is 1. The van der Waals surface area contributed by atoms with Gasteiger partial charge in [-0.3, -0.25) is 4.79 Å². The fraction of sp³-hybridized carbons (Fsp3) is 0.222. The number of amides is 1. The van der Waals surface area contributed by atoms with Crippen LogP contribution >= 0.6 is 11.6 Å². The number of hydrogen-bond acceptors (Lipinski definition) is 2. The molecular weight excluding hydrogens is 310 g/mol. The Hall–Kier alpha value is -2.35. The van der Waals surface area contributed by atoms with Crippen LogP contribution < -0.4 is 10.6 Å². The van der Waals surface area contributed by atoms with Crippen molar-refractivity contribution >= 4 is 23.2 Å². The van der Waals surface area contributed by atoms with Gasteiger partial charge in [0.05, 0.1) is 11.6 Å². The fourth-order valence-electron chi connectivity index (χ4n) is 2.34. The molecule has 0 spiro atoms. The molecule has 0 fully saturated rings. The number of carbonyl (C=O) groups is 1. The van der Waals surface area contributed by atoms with E-state index in [9.17, 15) is 4.79 Å². The SMILES string of the molecule is C[C@@H]([NH2+][C@H](C)c1cccc(Cl)c1)C(=O)Nc1cccc(C#N)c1. The molecule has 0 heterocycles. The van der Waals surface area contributed by atoms with Gasteiger partial charge in [0.25, 0.3) is 5.91 Å². The number of anilines is 1. The molecule has 0 unspecified atom stereocenters. The van der Waals surface area contributed by atoms with Crippen molar-refractivity contribution in [3.63, 3.8) is 0 Å². The van der Waals surface area contributed by atoms with Gasteiger partial charge in [0, 0.05) is 16.3 Å². The van der Waals surface area contributed by atoms with Crippen LogP contribution in [0.2, 0.25) is 5.02 Å². The number of hydrogen-bond donors (Lipinski definition) is 2. The summed E-state index contributed by atoms with van der Waals surface area (Å²) in [6.07, 6.45) is 0. The molecule has 2 aromatic rings. The van der Waals surface area contributed by atoms with Crippen molar-refractivity contribution in [2.45, 2.75) is 25.9 Å². The Bertz CT molecular complexity index is 739. The van der Waals surface area contributed by atoms with E-state index < -0.39 is 0 Å². The maximum Gasteiger partial charge on any atom is 0.282 e. The minimum atomic E-state index is -0.269. The van der Waals surface area contributed by atoms with Gasteiger partial charge < -0.3 is 10.6 Å². The highest BCUT2D eigenvalue weighted by atomic mass is 35.5. The number of benzene rings is 2. The number of nitrogens with two attached hydrogens (primary N) is 1. The Balaban J connectivity index is 1.98. The van der Waals surface area contributed by atoms with Crippen molar-refractivity contribution in [1.82, 2.24) is 0 Å². The van der Waals surface area contributed by atoms with Gasteiger partial charge in [0.1, 0.15) is 6.04 Å². The zero-order valence-electron chi connectivity index (χ0n) is 13.1. The van der Waals surface area contributed by atoms with Crippen LogP contribution in [0.1, 0.15) is 31.0 Å². The van der Waals surface area contributed by atoms with Crippen molar-refractivity contribution in [1.29, 1.82) is 5.26 Å². The Morgan fingerprint density at radius 1 is 1.22 bits per heavy atom. The predicted molar refractivity (Wildman–Crippen MR) is 91.0 cm³/mol. The summed E-state index contributed by atoms with van der Waals surface area (Å²) in [5.41, 5.74) is 2.22. The largest absolute Gasteiger partial charge is 0.330 e. The van der Waals surface area contributed by atoms with Crippen molar-refractivity contribution in [3.05, 3.63) is 64.7 Å². The smallest absolute Gasteiger partial charge is 0.282 e. The molecule has 2 aromatic carbocycles. The third-order valence-electron chi connectivity index (χ3n) is 3.62. The third kappa shape index (κ3) is 4.82. The highest BCUT2D eigenvalue weighted by Crippen LogP contribution is 2.15. The van der Waals surface area contributed by atoms with Crippen LogP contribution in [0.5, 0.6) is 0 Å². The zero-order valence-corrected chi connectivity index (χ0v) is 13.8. The van der Waals surface area contributed by atoms with Gasteiger partial charge in [0.15, 0.2) is 6.04 Å². The van der Waals surface area contributed by atoms with Crippen LogP contribution in [0.3, 0.4) is 0 Å². The van der Waals surface area contributed by atoms with E-state index >= 15 is 0 Å². The molecule has 4 nitrogen and oxygen atoms in total. The molecule has 0 aliphatic heterocycles. The molecule has 0 saturated carbocycles. The van der Waals surface area contributed by atoms with Crippen LogP contribution in [-0.2, 0) is 4.79 Å². The van der Waals surface area contributed by atoms with Crippen LogP contribution in [0.15, 0.2) is 48.5 Å². The van der Waals surface area contributed by atoms with Crippen molar-refractivity contribution in [3.8, 4) is 6.07 Å². The zero-order chi connectivity index (χ0) is 16.8. The minimum absolute atomic E-state index is 0.103. The van der Waals surface area contributed by atoms with Gasteiger partial charge in [-0.1, -0.05) is 29.8 Å².